The number of hydrogen-bond acceptors (Lipinski definition) is 2. The summed E-state index contributed by atoms with van der Waals surface area (Å²) in [6, 6.07) is 3.52. The lowest BCUT2D eigenvalue weighted by Gasteiger charge is -2.10. The molecule has 4 rings (SSSR count). The molecule has 5 nitrogen and oxygen atoms in total. The number of benzene rings is 1. The molecule has 1 aromatic heterocycles. The van der Waals surface area contributed by atoms with Crippen LogP contribution < -0.4 is 5.32 Å². The number of carboxylic acids is 1. The quantitative estimate of drug-likeness (QED) is 0.710. The largest absolute Gasteiger partial charge is 0.478 e. The summed E-state index contributed by atoms with van der Waals surface area (Å²) in [5.41, 5.74) is 5.35. The summed E-state index contributed by atoms with van der Waals surface area (Å²) >= 11 is 6.14. The minimum Gasteiger partial charge on any atom is -0.478 e. The van der Waals surface area contributed by atoms with Crippen molar-refractivity contribution < 1.29 is 14.7 Å². The van der Waals surface area contributed by atoms with E-state index < -0.39 is 5.97 Å². The van der Waals surface area contributed by atoms with Crippen LogP contribution in [0.25, 0.3) is 11.6 Å². The Labute approximate surface area is 149 Å². The molecule has 0 saturated heterocycles. The average Bonchev–Trinajstić information content (AvgIpc) is 3.07. The first kappa shape index (κ1) is 16.0. The maximum absolute atomic E-state index is 12.4. The van der Waals surface area contributed by atoms with Gasteiger partial charge in [-0.15, -0.1) is 0 Å². The molecule has 1 aliphatic heterocycles. The molecule has 25 heavy (non-hydrogen) atoms. The standard InChI is InChI=1S/C19H17ClN2O3/c1-9-6-10(20)7-12-13(18(23)22-17(9)12)8-15-16(19(24)25)11-4-2-3-5-14(11)21-15/h6-8,21H,2-5H2,1H3,(H,22,23)(H,24,25). The summed E-state index contributed by atoms with van der Waals surface area (Å²) in [4.78, 5) is 27.5. The van der Waals surface area contributed by atoms with Gasteiger partial charge in [-0.2, -0.15) is 0 Å². The summed E-state index contributed by atoms with van der Waals surface area (Å²) in [6.45, 7) is 1.88. The van der Waals surface area contributed by atoms with E-state index in [9.17, 15) is 14.7 Å². The Morgan fingerprint density at radius 1 is 1.28 bits per heavy atom. The number of carbonyl (C=O) groups is 2. The van der Waals surface area contributed by atoms with E-state index in [0.717, 1.165) is 48.2 Å². The number of halogens is 1. The van der Waals surface area contributed by atoms with Gasteiger partial charge in [-0.3, -0.25) is 4.79 Å². The number of rotatable bonds is 2. The number of anilines is 1. The van der Waals surface area contributed by atoms with Gasteiger partial charge < -0.3 is 15.4 Å². The molecule has 0 bridgehead atoms. The third kappa shape index (κ3) is 2.55. The van der Waals surface area contributed by atoms with E-state index in [1.54, 1.807) is 18.2 Å². The molecule has 0 unspecified atom stereocenters. The van der Waals surface area contributed by atoms with Crippen molar-refractivity contribution in [2.24, 2.45) is 0 Å². The number of carboxylic acid groups (broad SMARTS) is 1. The van der Waals surface area contributed by atoms with E-state index in [2.05, 4.69) is 10.3 Å². The van der Waals surface area contributed by atoms with Crippen molar-refractivity contribution in [3.05, 3.63) is 50.8 Å². The molecule has 0 fully saturated rings. The summed E-state index contributed by atoms with van der Waals surface area (Å²) in [6.07, 6.45) is 5.26. The second kappa shape index (κ2) is 5.77. The van der Waals surface area contributed by atoms with E-state index >= 15 is 0 Å². The average molecular weight is 357 g/mol. The molecule has 6 heteroatoms. The molecule has 128 valence electrons. The maximum Gasteiger partial charge on any atom is 0.338 e. The van der Waals surface area contributed by atoms with E-state index in [-0.39, 0.29) is 11.5 Å². The number of aromatic carboxylic acids is 1. The number of aryl methyl sites for hydroxylation is 2. The topological polar surface area (TPSA) is 82.2 Å². The molecule has 0 atom stereocenters. The number of aromatic amines is 1. The first-order valence-electron chi connectivity index (χ1n) is 8.26. The van der Waals surface area contributed by atoms with Gasteiger partial charge >= 0.3 is 5.97 Å². The molecule has 3 N–H and O–H groups in total. The van der Waals surface area contributed by atoms with Crippen LogP contribution in [0.15, 0.2) is 12.1 Å². The number of carbonyl (C=O) groups excluding carboxylic acids is 1. The van der Waals surface area contributed by atoms with Crippen molar-refractivity contribution in [3.8, 4) is 0 Å². The van der Waals surface area contributed by atoms with E-state index in [4.69, 9.17) is 11.6 Å². The third-order valence-corrected chi connectivity index (χ3v) is 5.12. The highest BCUT2D eigenvalue weighted by atomic mass is 35.5. The van der Waals surface area contributed by atoms with Crippen molar-refractivity contribution in [2.45, 2.75) is 32.6 Å². The molecular weight excluding hydrogens is 340 g/mol. The van der Waals surface area contributed by atoms with Crippen LogP contribution in [0.2, 0.25) is 5.02 Å². The van der Waals surface area contributed by atoms with Gasteiger partial charge in [0.2, 0.25) is 0 Å². The van der Waals surface area contributed by atoms with Crippen LogP contribution >= 0.6 is 11.6 Å². The van der Waals surface area contributed by atoms with Gasteiger partial charge in [-0.1, -0.05) is 11.6 Å². The number of amides is 1. The Kier molecular flexibility index (Phi) is 3.69. The van der Waals surface area contributed by atoms with Crippen molar-refractivity contribution >= 4 is 40.8 Å². The van der Waals surface area contributed by atoms with Crippen LogP contribution in [-0.4, -0.2) is 22.0 Å². The van der Waals surface area contributed by atoms with Crippen LogP contribution in [0, 0.1) is 6.92 Å². The second-order valence-electron chi connectivity index (χ2n) is 6.54. The summed E-state index contributed by atoms with van der Waals surface area (Å²) in [7, 11) is 0. The number of hydrogen-bond donors (Lipinski definition) is 3. The van der Waals surface area contributed by atoms with Gasteiger partial charge in [-0.05, 0) is 61.9 Å². The first-order chi connectivity index (χ1) is 12.0. The number of aromatic nitrogens is 1. The Morgan fingerprint density at radius 3 is 2.80 bits per heavy atom. The van der Waals surface area contributed by atoms with E-state index in [0.29, 0.717) is 21.9 Å². The number of nitrogens with one attached hydrogen (secondary N) is 2. The first-order valence-corrected chi connectivity index (χ1v) is 8.64. The van der Waals surface area contributed by atoms with E-state index in [1.165, 1.54) is 0 Å². The van der Waals surface area contributed by atoms with Gasteiger partial charge in [0.1, 0.15) is 0 Å². The van der Waals surface area contributed by atoms with E-state index in [1.807, 2.05) is 6.92 Å². The van der Waals surface area contributed by atoms with Gasteiger partial charge in [0.25, 0.3) is 5.91 Å². The van der Waals surface area contributed by atoms with Crippen molar-refractivity contribution in [3.63, 3.8) is 0 Å². The fraction of sp³-hybridized carbons (Fsp3) is 0.263. The van der Waals surface area contributed by atoms with Crippen LogP contribution in [0.5, 0.6) is 0 Å². The Bertz CT molecular complexity index is 956. The Hall–Kier alpha value is -2.53. The minimum atomic E-state index is -0.966. The lowest BCUT2D eigenvalue weighted by Crippen LogP contribution is -2.07. The molecule has 2 aliphatic rings. The van der Waals surface area contributed by atoms with Crippen molar-refractivity contribution in [2.75, 3.05) is 5.32 Å². The fourth-order valence-corrected chi connectivity index (χ4v) is 4.04. The predicted molar refractivity (Wildman–Crippen MR) is 97.1 cm³/mol. The second-order valence-corrected chi connectivity index (χ2v) is 6.98. The lowest BCUT2D eigenvalue weighted by molar-refractivity contribution is -0.110. The highest BCUT2D eigenvalue weighted by molar-refractivity contribution is 6.37. The van der Waals surface area contributed by atoms with Gasteiger partial charge in [0, 0.05) is 16.3 Å². The zero-order chi connectivity index (χ0) is 17.7. The zero-order valence-electron chi connectivity index (χ0n) is 13.7. The molecule has 2 aromatic rings. The summed E-state index contributed by atoms with van der Waals surface area (Å²) < 4.78 is 0. The van der Waals surface area contributed by atoms with Gasteiger partial charge in [-0.25, -0.2) is 4.79 Å². The molecule has 0 saturated carbocycles. The molecule has 1 aromatic carbocycles. The van der Waals surface area contributed by atoms with Gasteiger partial charge in [0.15, 0.2) is 0 Å². The molecule has 0 radical (unpaired) electrons. The monoisotopic (exact) mass is 356 g/mol. The molecule has 1 amide bonds. The summed E-state index contributed by atoms with van der Waals surface area (Å²) in [5.74, 6) is -1.21. The number of fused-ring (bicyclic) bond motifs is 2. The smallest absolute Gasteiger partial charge is 0.338 e. The third-order valence-electron chi connectivity index (χ3n) is 4.90. The normalized spacial score (nSPS) is 17.4. The highest BCUT2D eigenvalue weighted by Crippen LogP contribution is 2.38. The molecule has 2 heterocycles. The van der Waals surface area contributed by atoms with Crippen LogP contribution in [0.3, 0.4) is 0 Å². The lowest BCUT2D eigenvalue weighted by atomic mass is 9.94. The van der Waals surface area contributed by atoms with Crippen LogP contribution in [-0.2, 0) is 17.6 Å². The minimum absolute atomic E-state index is 0.246. The fourth-order valence-electron chi connectivity index (χ4n) is 3.77. The predicted octanol–water partition coefficient (Wildman–Crippen LogP) is 4.05. The molecular formula is C19H17ClN2O3. The Morgan fingerprint density at radius 2 is 2.04 bits per heavy atom. The molecule has 0 spiro atoms. The van der Waals surface area contributed by atoms with Crippen LogP contribution in [0.1, 0.15) is 51.3 Å². The summed E-state index contributed by atoms with van der Waals surface area (Å²) in [5, 5.41) is 13.1. The van der Waals surface area contributed by atoms with Crippen LogP contribution in [0.4, 0.5) is 5.69 Å². The van der Waals surface area contributed by atoms with Gasteiger partial charge in [0.05, 0.1) is 22.5 Å². The van der Waals surface area contributed by atoms with Crippen molar-refractivity contribution in [1.29, 1.82) is 0 Å². The highest BCUT2D eigenvalue weighted by Gasteiger charge is 2.29. The number of H-pyrrole nitrogens is 1. The SMILES string of the molecule is Cc1cc(Cl)cc2c1NC(=O)C2=Cc1[nH]c2c(c1C(=O)O)CCCC2. The molecule has 1 aliphatic carbocycles. The van der Waals surface area contributed by atoms with Crippen molar-refractivity contribution in [1.82, 2.24) is 4.98 Å². The zero-order valence-corrected chi connectivity index (χ0v) is 14.5. The maximum atomic E-state index is 12.4. The Balaban J connectivity index is 1.90.